The topological polar surface area (TPSA) is 77.7 Å². The van der Waals surface area contributed by atoms with E-state index in [9.17, 15) is 13.2 Å². The van der Waals surface area contributed by atoms with Gasteiger partial charge in [0, 0.05) is 6.54 Å². The third-order valence-corrected chi connectivity index (χ3v) is 7.54. The van der Waals surface area contributed by atoms with Crippen molar-refractivity contribution < 1.29 is 17.9 Å². The van der Waals surface area contributed by atoms with Gasteiger partial charge in [0.25, 0.3) is 10.0 Å². The van der Waals surface area contributed by atoms with Gasteiger partial charge in [0.05, 0.1) is 27.2 Å². The highest BCUT2D eigenvalue weighted by Gasteiger charge is 2.17. The lowest BCUT2D eigenvalue weighted by Crippen LogP contribution is -2.16. The number of hydrogen-bond acceptors (Lipinski definition) is 6. The summed E-state index contributed by atoms with van der Waals surface area (Å²) in [7, 11) is -2.59. The number of aromatic nitrogens is 1. The molecule has 3 aromatic rings. The molecule has 2 aromatic heterocycles. The fourth-order valence-electron chi connectivity index (χ4n) is 2.28. The molecule has 0 spiro atoms. The molecule has 0 aliphatic carbocycles. The number of halogens is 1. The first-order valence-electron chi connectivity index (χ1n) is 7.24. The minimum Gasteiger partial charge on any atom is -0.465 e. The van der Waals surface area contributed by atoms with E-state index in [4.69, 9.17) is 16.3 Å². The van der Waals surface area contributed by atoms with E-state index in [1.165, 1.54) is 30.6 Å². The van der Waals surface area contributed by atoms with Gasteiger partial charge in [-0.05, 0) is 30.3 Å². The highest BCUT2D eigenvalue weighted by molar-refractivity contribution is 7.92. The van der Waals surface area contributed by atoms with Gasteiger partial charge in [-0.1, -0.05) is 29.0 Å². The lowest BCUT2D eigenvalue weighted by atomic mass is 10.2. The lowest BCUT2D eigenvalue weighted by molar-refractivity contribution is 0.0601. The Morgan fingerprint density at radius 2 is 2.12 bits per heavy atom. The first kappa shape index (κ1) is 18.8. The molecule has 0 fully saturated rings. The van der Waals surface area contributed by atoms with Gasteiger partial charge in [-0.3, -0.25) is 0 Å². The molecule has 136 valence electrons. The number of carbonyl (C=O) groups is 1. The fraction of sp³-hybridized carbons (Fsp3) is 0.125. The van der Waals surface area contributed by atoms with Crippen LogP contribution in [0.15, 0.2) is 51.6 Å². The molecule has 0 N–H and O–H groups in total. The van der Waals surface area contributed by atoms with E-state index in [1.807, 2.05) is 0 Å². The molecular weight excluding hydrogens is 416 g/mol. The lowest BCUT2D eigenvalue weighted by Gasteiger charge is -2.02. The molecule has 0 aliphatic rings. The number of fused-ring (bicyclic) bond motifs is 1. The number of nitrogens with zero attached hydrogens (tertiary/aromatic N) is 2. The Hall–Kier alpha value is -1.94. The van der Waals surface area contributed by atoms with Gasteiger partial charge in [0.2, 0.25) is 4.80 Å². The van der Waals surface area contributed by atoms with Crippen LogP contribution in [-0.4, -0.2) is 26.1 Å². The predicted octanol–water partition coefficient (Wildman–Crippen LogP) is 3.68. The summed E-state index contributed by atoms with van der Waals surface area (Å²) in [5, 5.41) is 0. The molecular formula is C16H13ClN2O4S3. The molecule has 1 aromatic carbocycles. The van der Waals surface area contributed by atoms with Crippen molar-refractivity contribution in [3.05, 3.63) is 57.7 Å². The van der Waals surface area contributed by atoms with Gasteiger partial charge >= 0.3 is 5.97 Å². The number of benzene rings is 1. The van der Waals surface area contributed by atoms with E-state index in [-0.39, 0.29) is 9.01 Å². The maximum Gasteiger partial charge on any atom is 0.337 e. The summed E-state index contributed by atoms with van der Waals surface area (Å²) in [5.74, 6) is -0.463. The van der Waals surface area contributed by atoms with Crippen LogP contribution in [-0.2, 0) is 21.3 Å². The molecule has 6 nitrogen and oxygen atoms in total. The van der Waals surface area contributed by atoms with Crippen molar-refractivity contribution in [2.24, 2.45) is 4.40 Å². The smallest absolute Gasteiger partial charge is 0.337 e. The monoisotopic (exact) mass is 428 g/mol. The fourth-order valence-corrected chi connectivity index (χ4v) is 6.02. The van der Waals surface area contributed by atoms with Crippen LogP contribution in [0, 0.1) is 0 Å². The molecule has 0 saturated heterocycles. The van der Waals surface area contributed by atoms with Crippen LogP contribution in [0.2, 0.25) is 4.34 Å². The van der Waals surface area contributed by atoms with Crippen LogP contribution < -0.4 is 4.80 Å². The Balaban J connectivity index is 2.22. The van der Waals surface area contributed by atoms with Gasteiger partial charge in [0.1, 0.15) is 4.21 Å². The van der Waals surface area contributed by atoms with Gasteiger partial charge < -0.3 is 9.30 Å². The van der Waals surface area contributed by atoms with E-state index >= 15 is 0 Å². The summed E-state index contributed by atoms with van der Waals surface area (Å²) >= 11 is 7.94. The van der Waals surface area contributed by atoms with Crippen molar-refractivity contribution in [3.63, 3.8) is 0 Å². The zero-order chi connectivity index (χ0) is 18.9. The molecule has 0 aliphatic heterocycles. The summed E-state index contributed by atoms with van der Waals surface area (Å²) in [4.78, 5) is 12.0. The summed E-state index contributed by atoms with van der Waals surface area (Å²) < 4.78 is 36.7. The van der Waals surface area contributed by atoms with Crippen molar-refractivity contribution in [2.75, 3.05) is 7.11 Å². The number of methoxy groups -OCH3 is 1. The number of rotatable bonds is 5. The Labute approximate surface area is 162 Å². The summed E-state index contributed by atoms with van der Waals surface area (Å²) in [6.07, 6.45) is 1.65. The van der Waals surface area contributed by atoms with Crippen molar-refractivity contribution in [1.82, 2.24) is 4.57 Å². The zero-order valence-electron chi connectivity index (χ0n) is 13.5. The van der Waals surface area contributed by atoms with Crippen LogP contribution in [0.5, 0.6) is 0 Å². The van der Waals surface area contributed by atoms with Crippen LogP contribution in [0.25, 0.3) is 10.2 Å². The maximum atomic E-state index is 12.5. The molecule has 0 radical (unpaired) electrons. The Kier molecular flexibility index (Phi) is 5.33. The Bertz CT molecular complexity index is 1170. The number of thiophene rings is 1. The molecule has 0 bridgehead atoms. The molecule has 0 amide bonds. The Morgan fingerprint density at radius 3 is 2.73 bits per heavy atom. The minimum absolute atomic E-state index is 0.0698. The van der Waals surface area contributed by atoms with Gasteiger partial charge in [-0.2, -0.15) is 8.42 Å². The molecule has 10 heteroatoms. The van der Waals surface area contributed by atoms with Gasteiger partial charge in [-0.25, -0.2) is 4.79 Å². The molecule has 2 heterocycles. The van der Waals surface area contributed by atoms with Gasteiger partial charge in [0.15, 0.2) is 0 Å². The number of carbonyl (C=O) groups excluding carboxylic acids is 1. The minimum atomic E-state index is -3.89. The second-order valence-corrected chi connectivity index (χ2v) is 9.64. The number of allylic oxidation sites excluding steroid dienone is 1. The molecule has 26 heavy (non-hydrogen) atoms. The first-order valence-corrected chi connectivity index (χ1v) is 10.7. The first-order chi connectivity index (χ1) is 12.4. The van der Waals surface area contributed by atoms with Crippen LogP contribution >= 0.6 is 34.3 Å². The van der Waals surface area contributed by atoms with Gasteiger partial charge in [-0.15, -0.1) is 22.3 Å². The summed E-state index contributed by atoms with van der Waals surface area (Å²) in [5.41, 5.74) is 1.13. The van der Waals surface area contributed by atoms with Crippen molar-refractivity contribution in [3.8, 4) is 0 Å². The van der Waals surface area contributed by atoms with E-state index < -0.39 is 16.0 Å². The van der Waals surface area contributed by atoms with Crippen LogP contribution in [0.3, 0.4) is 0 Å². The number of sulfonamides is 1. The van der Waals surface area contributed by atoms with E-state index in [0.717, 1.165) is 16.9 Å². The number of esters is 1. The maximum absolute atomic E-state index is 12.5. The normalized spacial score (nSPS) is 12.5. The summed E-state index contributed by atoms with van der Waals surface area (Å²) in [6.45, 7) is 4.08. The third kappa shape index (κ3) is 3.61. The Morgan fingerprint density at radius 1 is 1.35 bits per heavy atom. The average molecular weight is 429 g/mol. The second-order valence-electron chi connectivity index (χ2n) is 5.08. The highest BCUT2D eigenvalue weighted by atomic mass is 35.5. The van der Waals surface area contributed by atoms with Crippen molar-refractivity contribution in [1.29, 1.82) is 0 Å². The highest BCUT2D eigenvalue weighted by Crippen LogP contribution is 2.27. The third-order valence-electron chi connectivity index (χ3n) is 3.42. The molecule has 0 unspecified atom stereocenters. The SMILES string of the molecule is C=CCn1/c(=N/S(=O)(=O)c2ccc(Cl)s2)sc2cc(C(=O)OC)ccc21. The molecule has 0 atom stereocenters. The number of thiazole rings is 1. The molecule has 0 saturated carbocycles. The average Bonchev–Trinajstić information content (AvgIpc) is 3.18. The van der Waals surface area contributed by atoms with Crippen LogP contribution in [0.1, 0.15) is 10.4 Å². The quantitative estimate of drug-likeness (QED) is 0.458. The van der Waals surface area contributed by atoms with E-state index in [1.54, 1.807) is 28.8 Å². The van der Waals surface area contributed by atoms with E-state index in [2.05, 4.69) is 11.0 Å². The van der Waals surface area contributed by atoms with E-state index in [0.29, 0.717) is 21.1 Å². The molecule has 3 rings (SSSR count). The summed E-state index contributed by atoms with van der Waals surface area (Å²) in [6, 6.07) is 7.94. The second kappa shape index (κ2) is 7.36. The largest absolute Gasteiger partial charge is 0.465 e. The van der Waals surface area contributed by atoms with Crippen molar-refractivity contribution >= 4 is 60.5 Å². The predicted molar refractivity (Wildman–Crippen MR) is 103 cm³/mol. The number of ether oxygens (including phenoxy) is 1. The zero-order valence-corrected chi connectivity index (χ0v) is 16.7. The van der Waals surface area contributed by atoms with Crippen molar-refractivity contribution in [2.45, 2.75) is 10.8 Å². The van der Waals surface area contributed by atoms with Crippen LogP contribution in [0.4, 0.5) is 0 Å². The number of hydrogen-bond donors (Lipinski definition) is 0. The standard InChI is InChI=1S/C16H13ClN2O4S3/c1-3-8-19-11-5-4-10(15(20)23-2)9-12(11)24-16(19)18-26(21,22)14-7-6-13(17)25-14/h3-7,9H,1,8H2,2H3/b18-16-.